The van der Waals surface area contributed by atoms with E-state index in [-0.39, 0.29) is 0 Å². The van der Waals surface area contributed by atoms with Crippen molar-refractivity contribution >= 4 is 27.2 Å². The van der Waals surface area contributed by atoms with Gasteiger partial charge in [0.05, 0.1) is 5.52 Å². The zero-order valence-electron chi connectivity index (χ0n) is 20.8. The maximum Gasteiger partial charge on any atom is 0.164 e. The van der Waals surface area contributed by atoms with E-state index in [4.69, 9.17) is 19.9 Å². The molecule has 0 aliphatic heterocycles. The third-order valence-electron chi connectivity index (χ3n) is 7.01. The van der Waals surface area contributed by atoms with Gasteiger partial charge >= 0.3 is 0 Å². The molecular formula is C34H24N4. The topological polar surface area (TPSA) is 51.6 Å². The van der Waals surface area contributed by atoms with Crippen LogP contribution in [0.5, 0.6) is 0 Å². The van der Waals surface area contributed by atoms with Gasteiger partial charge in [-0.25, -0.2) is 15.0 Å². The Balaban J connectivity index is 1.46. The van der Waals surface area contributed by atoms with Crippen LogP contribution in [0.25, 0.3) is 61.2 Å². The Morgan fingerprint density at radius 3 is 2.11 bits per heavy atom. The Hall–Kier alpha value is -4.96. The summed E-state index contributed by atoms with van der Waals surface area (Å²) in [6.45, 7) is 0. The number of para-hydroxylation sites is 1. The number of rotatable bonds is 4. The molecule has 2 aromatic heterocycles. The van der Waals surface area contributed by atoms with Crippen molar-refractivity contribution < 1.29 is 0 Å². The molecule has 7 rings (SSSR count). The maximum absolute atomic E-state index is 5.00. The first kappa shape index (κ1) is 22.3. The van der Waals surface area contributed by atoms with E-state index < -0.39 is 0 Å². The van der Waals surface area contributed by atoms with Gasteiger partial charge in [0.1, 0.15) is 0 Å². The van der Waals surface area contributed by atoms with Gasteiger partial charge in [0.25, 0.3) is 0 Å². The molecule has 4 nitrogen and oxygen atoms in total. The fraction of sp³-hybridized carbons (Fsp3) is 0.0588. The highest BCUT2D eigenvalue weighted by molar-refractivity contribution is 6.08. The highest BCUT2D eigenvalue weighted by atomic mass is 15.0. The van der Waals surface area contributed by atoms with Crippen molar-refractivity contribution in [2.75, 3.05) is 0 Å². The van der Waals surface area contributed by atoms with E-state index in [1.807, 2.05) is 42.6 Å². The average Bonchev–Trinajstić information content (AvgIpc) is 3.01. The minimum atomic E-state index is 0.674. The van der Waals surface area contributed by atoms with Crippen molar-refractivity contribution in [2.45, 2.75) is 12.8 Å². The second kappa shape index (κ2) is 9.49. The molecule has 180 valence electrons. The molecule has 0 bridgehead atoms. The lowest BCUT2D eigenvalue weighted by Gasteiger charge is -2.14. The monoisotopic (exact) mass is 488 g/mol. The normalized spacial score (nSPS) is 13.1. The van der Waals surface area contributed by atoms with Crippen molar-refractivity contribution in [1.82, 2.24) is 19.9 Å². The molecule has 0 amide bonds. The summed E-state index contributed by atoms with van der Waals surface area (Å²) in [6, 6.07) is 33.3. The summed E-state index contributed by atoms with van der Waals surface area (Å²) in [5.41, 5.74) is 6.26. The summed E-state index contributed by atoms with van der Waals surface area (Å²) in [4.78, 5) is 19.6. The lowest BCUT2D eigenvalue weighted by Crippen LogP contribution is -2.03. The van der Waals surface area contributed by atoms with E-state index >= 15 is 0 Å². The molecule has 0 fully saturated rings. The molecule has 6 aromatic rings. The van der Waals surface area contributed by atoms with Gasteiger partial charge in [0.15, 0.2) is 17.5 Å². The fourth-order valence-electron chi connectivity index (χ4n) is 5.17. The van der Waals surface area contributed by atoms with Crippen LogP contribution >= 0.6 is 0 Å². The smallest absolute Gasteiger partial charge is 0.164 e. The highest BCUT2D eigenvalue weighted by Gasteiger charge is 2.17. The molecular weight excluding hydrogens is 464 g/mol. The van der Waals surface area contributed by atoms with Crippen LogP contribution in [0.15, 0.2) is 121 Å². The summed E-state index contributed by atoms with van der Waals surface area (Å²) in [5.74, 6) is 2.06. The van der Waals surface area contributed by atoms with Crippen LogP contribution in [0.2, 0.25) is 0 Å². The number of nitrogens with zero attached hydrogens (tertiary/aromatic N) is 4. The number of fused-ring (bicyclic) bond motifs is 2. The quantitative estimate of drug-likeness (QED) is 0.250. The van der Waals surface area contributed by atoms with E-state index in [0.717, 1.165) is 62.3 Å². The van der Waals surface area contributed by atoms with Crippen molar-refractivity contribution in [1.29, 1.82) is 0 Å². The molecule has 0 radical (unpaired) electrons. The molecule has 0 saturated carbocycles. The van der Waals surface area contributed by atoms with Crippen LogP contribution in [0.4, 0.5) is 0 Å². The molecule has 1 aliphatic carbocycles. The molecule has 0 spiro atoms. The molecule has 2 heterocycles. The van der Waals surface area contributed by atoms with Crippen molar-refractivity contribution in [3.05, 3.63) is 127 Å². The zero-order chi connectivity index (χ0) is 25.3. The number of pyridine rings is 1. The number of aromatic nitrogens is 4. The summed E-state index contributed by atoms with van der Waals surface area (Å²) < 4.78 is 0. The number of allylic oxidation sites excluding steroid dienone is 4. The van der Waals surface area contributed by atoms with Gasteiger partial charge in [-0.1, -0.05) is 103 Å². The molecule has 0 unspecified atom stereocenters. The van der Waals surface area contributed by atoms with Gasteiger partial charge in [-0.05, 0) is 41.3 Å². The summed E-state index contributed by atoms with van der Waals surface area (Å²) in [5, 5.41) is 3.37. The van der Waals surface area contributed by atoms with Gasteiger partial charge < -0.3 is 0 Å². The molecule has 0 N–H and O–H groups in total. The Kier molecular flexibility index (Phi) is 5.56. The number of hydrogen-bond donors (Lipinski definition) is 0. The van der Waals surface area contributed by atoms with Crippen LogP contribution in [0, 0.1) is 0 Å². The SMILES string of the molecule is C1=CC(c2nc(-c3ccccc3)nc(-c3ccc(-c4cccc5cccnc45)c4ccccc34)n2)=CCC1. The van der Waals surface area contributed by atoms with Crippen LogP contribution in [0.3, 0.4) is 0 Å². The number of hydrogen-bond acceptors (Lipinski definition) is 4. The Bertz CT molecular complexity index is 1860. The first-order chi connectivity index (χ1) is 18.8. The predicted octanol–water partition coefficient (Wildman–Crippen LogP) is 8.31. The van der Waals surface area contributed by atoms with E-state index in [9.17, 15) is 0 Å². The largest absolute Gasteiger partial charge is 0.256 e. The second-order valence-corrected chi connectivity index (χ2v) is 9.40. The number of benzene rings is 4. The van der Waals surface area contributed by atoms with Gasteiger partial charge in [-0.2, -0.15) is 0 Å². The first-order valence-electron chi connectivity index (χ1n) is 12.9. The Morgan fingerprint density at radius 2 is 1.26 bits per heavy atom. The van der Waals surface area contributed by atoms with Gasteiger partial charge in [-0.15, -0.1) is 0 Å². The van der Waals surface area contributed by atoms with Crippen LogP contribution < -0.4 is 0 Å². The molecule has 38 heavy (non-hydrogen) atoms. The van der Waals surface area contributed by atoms with Crippen LogP contribution in [0.1, 0.15) is 18.7 Å². The Labute approximate surface area is 221 Å². The third kappa shape index (κ3) is 3.97. The van der Waals surface area contributed by atoms with Gasteiger partial charge in [0.2, 0.25) is 0 Å². The maximum atomic E-state index is 5.00. The van der Waals surface area contributed by atoms with Crippen LogP contribution in [-0.2, 0) is 0 Å². The van der Waals surface area contributed by atoms with E-state index in [1.54, 1.807) is 0 Å². The molecule has 0 atom stereocenters. The zero-order valence-corrected chi connectivity index (χ0v) is 20.8. The summed E-state index contributed by atoms with van der Waals surface area (Å²) in [7, 11) is 0. The Morgan fingerprint density at radius 1 is 0.526 bits per heavy atom. The standard InChI is InChI=1S/C34H24N4/c1-3-11-24(12-4-1)32-36-33(25-13-5-2-6-14-25)38-34(37-32)30-21-20-28(26-17-7-8-18-27(26)30)29-19-9-15-23-16-10-22-35-31(23)29/h1,3-5,7-22H,2,6H2. The molecule has 1 aliphatic rings. The second-order valence-electron chi connectivity index (χ2n) is 9.40. The fourth-order valence-corrected chi connectivity index (χ4v) is 5.17. The highest BCUT2D eigenvalue weighted by Crippen LogP contribution is 2.37. The van der Waals surface area contributed by atoms with Crippen molar-refractivity contribution in [3.8, 4) is 33.9 Å². The average molecular weight is 489 g/mol. The van der Waals surface area contributed by atoms with Gasteiger partial charge in [0, 0.05) is 33.8 Å². The lowest BCUT2D eigenvalue weighted by atomic mass is 9.93. The molecule has 4 heteroatoms. The molecule has 0 saturated heterocycles. The minimum Gasteiger partial charge on any atom is -0.256 e. The van der Waals surface area contributed by atoms with Gasteiger partial charge in [-0.3, -0.25) is 4.98 Å². The lowest BCUT2D eigenvalue weighted by molar-refractivity contribution is 1.01. The van der Waals surface area contributed by atoms with E-state index in [2.05, 4.69) is 78.9 Å². The van der Waals surface area contributed by atoms with E-state index in [0.29, 0.717) is 17.5 Å². The van der Waals surface area contributed by atoms with Crippen LogP contribution in [-0.4, -0.2) is 19.9 Å². The minimum absolute atomic E-state index is 0.674. The molecule has 4 aromatic carbocycles. The predicted molar refractivity (Wildman–Crippen MR) is 155 cm³/mol. The van der Waals surface area contributed by atoms with E-state index in [1.165, 1.54) is 0 Å². The van der Waals surface area contributed by atoms with Crippen molar-refractivity contribution in [3.63, 3.8) is 0 Å². The summed E-state index contributed by atoms with van der Waals surface area (Å²) >= 11 is 0. The first-order valence-corrected chi connectivity index (χ1v) is 12.9. The third-order valence-corrected chi connectivity index (χ3v) is 7.01. The summed E-state index contributed by atoms with van der Waals surface area (Å²) in [6.07, 6.45) is 10.4. The van der Waals surface area contributed by atoms with Crippen molar-refractivity contribution in [2.24, 2.45) is 0 Å².